The predicted octanol–water partition coefficient (Wildman–Crippen LogP) is 3.22. The lowest BCUT2D eigenvalue weighted by molar-refractivity contribution is 0.0846. The number of hydrogen-bond acceptors (Lipinski definition) is 1. The molecule has 0 radical (unpaired) electrons. The van der Waals surface area contributed by atoms with Crippen LogP contribution in [0.2, 0.25) is 0 Å². The molecule has 1 saturated carbocycles. The van der Waals surface area contributed by atoms with E-state index in [-0.39, 0.29) is 0 Å². The van der Waals surface area contributed by atoms with Gasteiger partial charge < -0.3 is 4.74 Å². The number of ether oxygens (including phenoxy) is 1. The number of hydrogen-bond donors (Lipinski definition) is 0. The van der Waals surface area contributed by atoms with Gasteiger partial charge in [-0.25, -0.2) is 0 Å². The Balaban J connectivity index is 2.38. The summed E-state index contributed by atoms with van der Waals surface area (Å²) in [6.45, 7) is 5.46. The van der Waals surface area contributed by atoms with Crippen LogP contribution in [0.25, 0.3) is 0 Å². The fourth-order valence-electron chi connectivity index (χ4n) is 1.99. The molecule has 2 heteroatoms. The minimum absolute atomic E-state index is 0.346. The van der Waals surface area contributed by atoms with Crippen LogP contribution in [0.4, 0.5) is 0 Å². The van der Waals surface area contributed by atoms with E-state index in [2.05, 4.69) is 29.8 Å². The summed E-state index contributed by atoms with van der Waals surface area (Å²) in [7, 11) is 1.79. The van der Waals surface area contributed by atoms with E-state index in [0.29, 0.717) is 10.8 Å². The largest absolute Gasteiger partial charge is 0.384 e. The summed E-state index contributed by atoms with van der Waals surface area (Å²) in [4.78, 5) is 0. The van der Waals surface area contributed by atoms with Gasteiger partial charge in [-0.1, -0.05) is 29.8 Å². The van der Waals surface area contributed by atoms with E-state index < -0.39 is 0 Å². The number of halogens is 1. The van der Waals surface area contributed by atoms with E-state index >= 15 is 0 Å². The molecule has 1 nitrogen and oxygen atoms in total. The predicted molar refractivity (Wildman–Crippen MR) is 55.7 cm³/mol. The molecule has 0 atom stereocenters. The summed E-state index contributed by atoms with van der Waals surface area (Å²) in [5.41, 5.74) is 0.959. The molecule has 0 amide bonds. The van der Waals surface area contributed by atoms with Crippen molar-refractivity contribution in [3.8, 4) is 0 Å². The summed E-state index contributed by atoms with van der Waals surface area (Å²) in [6, 6.07) is 0. The molecule has 1 aliphatic carbocycles. The average Bonchev–Trinajstić information content (AvgIpc) is 2.68. The first-order chi connectivity index (χ1) is 5.54. The monoisotopic (exact) mass is 234 g/mol. The van der Waals surface area contributed by atoms with Gasteiger partial charge in [-0.05, 0) is 30.1 Å². The Morgan fingerprint density at radius 2 is 2.00 bits per heavy atom. The quantitative estimate of drug-likeness (QED) is 0.665. The van der Waals surface area contributed by atoms with Crippen LogP contribution in [0.3, 0.4) is 0 Å². The third-order valence-electron chi connectivity index (χ3n) is 2.63. The maximum absolute atomic E-state index is 5.21. The summed E-state index contributed by atoms with van der Waals surface area (Å²) >= 11 is 3.60. The highest BCUT2D eigenvalue weighted by Crippen LogP contribution is 2.54. The van der Waals surface area contributed by atoms with Crippen LogP contribution < -0.4 is 0 Å². The highest BCUT2D eigenvalue weighted by molar-refractivity contribution is 9.09. The van der Waals surface area contributed by atoms with E-state index in [1.165, 1.54) is 19.3 Å². The van der Waals surface area contributed by atoms with Crippen LogP contribution in [-0.2, 0) is 4.74 Å². The van der Waals surface area contributed by atoms with Crippen molar-refractivity contribution in [2.24, 2.45) is 10.8 Å². The first-order valence-corrected chi connectivity index (χ1v) is 5.71. The van der Waals surface area contributed by atoms with E-state index in [1.54, 1.807) is 7.11 Å². The maximum Gasteiger partial charge on any atom is 0.0513 e. The van der Waals surface area contributed by atoms with Crippen molar-refractivity contribution in [3.05, 3.63) is 0 Å². The molecule has 0 saturated heterocycles. The molecule has 1 fully saturated rings. The lowest BCUT2D eigenvalue weighted by atomic mass is 9.82. The fraction of sp³-hybridized carbons (Fsp3) is 1.00. The van der Waals surface area contributed by atoms with Crippen molar-refractivity contribution in [2.45, 2.75) is 33.1 Å². The Hall–Kier alpha value is 0.440. The van der Waals surface area contributed by atoms with E-state index in [9.17, 15) is 0 Å². The molecule has 12 heavy (non-hydrogen) atoms. The minimum Gasteiger partial charge on any atom is -0.384 e. The van der Waals surface area contributed by atoms with Gasteiger partial charge in [-0.2, -0.15) is 0 Å². The third-order valence-corrected chi connectivity index (χ3v) is 3.82. The van der Waals surface area contributed by atoms with Gasteiger partial charge in [0.05, 0.1) is 6.61 Å². The summed E-state index contributed by atoms with van der Waals surface area (Å²) in [5.74, 6) is 0. The fourth-order valence-corrected chi connectivity index (χ4v) is 2.75. The zero-order chi connectivity index (χ0) is 9.24. The molecule has 0 unspecified atom stereocenters. The van der Waals surface area contributed by atoms with Gasteiger partial charge in [0.2, 0.25) is 0 Å². The molecule has 0 N–H and O–H groups in total. The molecule has 0 aromatic rings. The van der Waals surface area contributed by atoms with Gasteiger partial charge >= 0.3 is 0 Å². The molecule has 1 aliphatic rings. The van der Waals surface area contributed by atoms with Crippen molar-refractivity contribution >= 4 is 15.9 Å². The Morgan fingerprint density at radius 3 is 2.33 bits per heavy atom. The highest BCUT2D eigenvalue weighted by Gasteiger charge is 2.45. The highest BCUT2D eigenvalue weighted by atomic mass is 79.9. The number of methoxy groups -OCH3 is 1. The topological polar surface area (TPSA) is 9.23 Å². The zero-order valence-electron chi connectivity index (χ0n) is 8.32. The molecule has 0 aliphatic heterocycles. The van der Waals surface area contributed by atoms with Crippen molar-refractivity contribution in [2.75, 3.05) is 19.0 Å². The molecule has 0 aromatic carbocycles. The molecule has 0 heterocycles. The summed E-state index contributed by atoms with van der Waals surface area (Å²) < 4.78 is 5.21. The van der Waals surface area contributed by atoms with Crippen molar-refractivity contribution in [1.82, 2.24) is 0 Å². The third kappa shape index (κ3) is 2.74. The Bertz CT molecular complexity index is 150. The van der Waals surface area contributed by atoms with Crippen LogP contribution in [0.1, 0.15) is 33.1 Å². The molecule has 0 bridgehead atoms. The molecule has 72 valence electrons. The first-order valence-electron chi connectivity index (χ1n) is 4.59. The number of alkyl halides is 1. The van der Waals surface area contributed by atoms with Crippen molar-refractivity contribution in [3.63, 3.8) is 0 Å². The molecule has 0 aromatic heterocycles. The standard InChI is InChI=1S/C10H19BrO/c1-9(2,8-12-3)6-10(7-11)4-5-10/h4-8H2,1-3H3. The Kier molecular flexibility index (Phi) is 3.21. The van der Waals surface area contributed by atoms with Gasteiger partial charge in [-0.3, -0.25) is 0 Å². The molecule has 1 rings (SSSR count). The normalized spacial score (nSPS) is 21.0. The van der Waals surface area contributed by atoms with Crippen LogP contribution in [0.15, 0.2) is 0 Å². The van der Waals surface area contributed by atoms with Crippen molar-refractivity contribution in [1.29, 1.82) is 0 Å². The van der Waals surface area contributed by atoms with Crippen LogP contribution in [0, 0.1) is 10.8 Å². The SMILES string of the molecule is COCC(C)(C)CC1(CBr)CC1. The smallest absolute Gasteiger partial charge is 0.0513 e. The Morgan fingerprint density at radius 1 is 1.42 bits per heavy atom. The van der Waals surface area contributed by atoms with E-state index in [0.717, 1.165) is 11.9 Å². The van der Waals surface area contributed by atoms with Crippen molar-refractivity contribution < 1.29 is 4.74 Å². The van der Waals surface area contributed by atoms with E-state index in [4.69, 9.17) is 4.74 Å². The summed E-state index contributed by atoms with van der Waals surface area (Å²) in [6.07, 6.45) is 4.08. The van der Waals surface area contributed by atoms with Crippen LogP contribution in [-0.4, -0.2) is 19.0 Å². The van der Waals surface area contributed by atoms with Crippen LogP contribution in [0.5, 0.6) is 0 Å². The van der Waals surface area contributed by atoms with Gasteiger partial charge in [-0.15, -0.1) is 0 Å². The second-order valence-corrected chi connectivity index (χ2v) is 5.47. The minimum atomic E-state index is 0.346. The summed E-state index contributed by atoms with van der Waals surface area (Å²) in [5, 5.41) is 1.16. The van der Waals surface area contributed by atoms with Gasteiger partial charge in [0.15, 0.2) is 0 Å². The first kappa shape index (κ1) is 10.5. The second kappa shape index (κ2) is 3.67. The van der Waals surface area contributed by atoms with Gasteiger partial charge in [0, 0.05) is 12.4 Å². The lowest BCUT2D eigenvalue weighted by Crippen LogP contribution is -2.23. The zero-order valence-corrected chi connectivity index (χ0v) is 9.91. The van der Waals surface area contributed by atoms with Gasteiger partial charge in [0.1, 0.15) is 0 Å². The van der Waals surface area contributed by atoms with Crippen LogP contribution >= 0.6 is 15.9 Å². The van der Waals surface area contributed by atoms with E-state index in [1.807, 2.05) is 0 Å². The van der Waals surface area contributed by atoms with Gasteiger partial charge in [0.25, 0.3) is 0 Å². The average molecular weight is 235 g/mol. The molecular weight excluding hydrogens is 216 g/mol. The maximum atomic E-state index is 5.21. The molecule has 0 spiro atoms. The molecular formula is C10H19BrO. The lowest BCUT2D eigenvalue weighted by Gasteiger charge is -2.28. The Labute approximate surface area is 84.0 Å². The second-order valence-electron chi connectivity index (χ2n) is 4.91. The number of rotatable bonds is 5.